The van der Waals surface area contributed by atoms with Gasteiger partial charge in [-0.05, 0) is 36.8 Å². The predicted molar refractivity (Wildman–Crippen MR) is 244 cm³/mol. The monoisotopic (exact) mass is 997 g/mol. The largest absolute Gasteiger partial charge is 0.481 e. The van der Waals surface area contributed by atoms with E-state index in [1.54, 1.807) is 43.5 Å². The molecule has 0 heterocycles. The summed E-state index contributed by atoms with van der Waals surface area (Å²) in [5.74, 6) is -13.5. The van der Waals surface area contributed by atoms with Gasteiger partial charge in [-0.1, -0.05) is 50.6 Å². The Morgan fingerprint density at radius 2 is 1.09 bits per heavy atom. The summed E-state index contributed by atoms with van der Waals surface area (Å²) in [5, 5.41) is 58.9. The minimum Gasteiger partial charge on any atom is -0.481 e. The second kappa shape index (κ2) is 31.2. The molecular formula is C41H63N11O16S. The summed E-state index contributed by atoms with van der Waals surface area (Å²) in [7, 11) is 0. The number of benzene rings is 1. The highest BCUT2D eigenvalue weighted by Crippen LogP contribution is 2.11. The van der Waals surface area contributed by atoms with Crippen LogP contribution in [0.4, 0.5) is 0 Å². The van der Waals surface area contributed by atoms with Crippen LogP contribution in [0.1, 0.15) is 52.0 Å². The highest BCUT2D eigenvalue weighted by atomic mass is 32.2. The van der Waals surface area contributed by atoms with Crippen LogP contribution in [0.15, 0.2) is 30.3 Å². The SMILES string of the molecule is CC[C@H](C)[C@H](NC(=O)[C@H](CC(=O)O)NC(=O)CN)C(=O)N[C@@H](CO)C(=O)N[C@@H](CO)C(=O)N[C@@H](Cc1ccccc1)C(=O)N[C@@H](CC(N)=O)C(=O)N[C@@H](C)C(=O)N[C@@H](CCSC)C(=O)NCC(=O)O. The number of carbonyl (C=O) groups excluding carboxylic acids is 10. The van der Waals surface area contributed by atoms with Crippen LogP contribution in [0.25, 0.3) is 0 Å². The summed E-state index contributed by atoms with van der Waals surface area (Å²) in [5.41, 5.74) is 11.1. The van der Waals surface area contributed by atoms with Gasteiger partial charge in [-0.15, -0.1) is 0 Å². The summed E-state index contributed by atoms with van der Waals surface area (Å²) in [6.45, 7) is 0.899. The van der Waals surface area contributed by atoms with E-state index in [2.05, 4.69) is 47.9 Å². The van der Waals surface area contributed by atoms with Crippen molar-refractivity contribution in [2.45, 2.75) is 101 Å². The zero-order chi connectivity index (χ0) is 52.4. The molecule has 0 aliphatic heterocycles. The Bertz CT molecular complexity index is 1980. The fourth-order valence-corrected chi connectivity index (χ4v) is 6.47. The maximum Gasteiger partial charge on any atom is 0.322 e. The van der Waals surface area contributed by atoms with Crippen LogP contribution in [-0.2, 0) is 64.0 Å². The van der Waals surface area contributed by atoms with Gasteiger partial charge >= 0.3 is 11.9 Å². The van der Waals surface area contributed by atoms with Crippen molar-refractivity contribution in [3.8, 4) is 0 Å². The fourth-order valence-electron chi connectivity index (χ4n) is 6.00. The number of thioether (sulfide) groups is 1. The Hall–Kier alpha value is -6.91. The molecule has 1 aromatic rings. The van der Waals surface area contributed by atoms with Gasteiger partial charge in [-0.2, -0.15) is 11.8 Å². The summed E-state index contributed by atoms with van der Waals surface area (Å²) >= 11 is 1.34. The first-order valence-electron chi connectivity index (χ1n) is 21.4. The maximum atomic E-state index is 13.9. The van der Waals surface area contributed by atoms with Gasteiger partial charge in [-0.3, -0.25) is 57.5 Å². The summed E-state index contributed by atoms with van der Waals surface area (Å²) < 4.78 is 0. The first-order valence-corrected chi connectivity index (χ1v) is 22.8. The second-order valence-corrected chi connectivity index (χ2v) is 16.4. The van der Waals surface area contributed by atoms with Crippen LogP contribution in [0.2, 0.25) is 0 Å². The van der Waals surface area contributed by atoms with Crippen molar-refractivity contribution < 1.29 is 78.0 Å². The molecule has 9 atom stereocenters. The lowest BCUT2D eigenvalue weighted by Gasteiger charge is -2.28. The van der Waals surface area contributed by atoms with Gasteiger partial charge in [0.1, 0.15) is 54.9 Å². The normalized spacial score (nSPS) is 14.7. The number of nitrogens with one attached hydrogen (secondary N) is 9. The first kappa shape index (κ1) is 60.1. The zero-order valence-electron chi connectivity index (χ0n) is 38.4. The van der Waals surface area contributed by atoms with Crippen molar-refractivity contribution in [1.29, 1.82) is 0 Å². The molecule has 69 heavy (non-hydrogen) atoms. The van der Waals surface area contributed by atoms with E-state index in [9.17, 15) is 72.9 Å². The number of nitrogens with two attached hydrogens (primary N) is 2. The van der Waals surface area contributed by atoms with Crippen LogP contribution in [-0.4, -0.2) is 178 Å². The number of carbonyl (C=O) groups is 12. The molecule has 0 aliphatic carbocycles. The molecular weight excluding hydrogens is 935 g/mol. The molecule has 0 fully saturated rings. The third kappa shape index (κ3) is 22.2. The van der Waals surface area contributed by atoms with Crippen molar-refractivity contribution in [3.05, 3.63) is 35.9 Å². The zero-order valence-corrected chi connectivity index (χ0v) is 39.2. The van der Waals surface area contributed by atoms with E-state index in [1.165, 1.54) is 25.6 Å². The highest BCUT2D eigenvalue weighted by molar-refractivity contribution is 7.98. The van der Waals surface area contributed by atoms with Crippen LogP contribution in [0, 0.1) is 5.92 Å². The van der Waals surface area contributed by atoms with E-state index >= 15 is 0 Å². The van der Waals surface area contributed by atoms with Crippen LogP contribution in [0.5, 0.6) is 0 Å². The fraction of sp³-hybridized carbons (Fsp3) is 0.561. The third-order valence-corrected chi connectivity index (χ3v) is 10.6. The van der Waals surface area contributed by atoms with Crippen molar-refractivity contribution in [1.82, 2.24) is 47.9 Å². The second-order valence-electron chi connectivity index (χ2n) is 15.4. The maximum absolute atomic E-state index is 13.9. The molecule has 0 aromatic heterocycles. The van der Waals surface area contributed by atoms with Crippen molar-refractivity contribution in [3.63, 3.8) is 0 Å². The molecule has 0 bridgehead atoms. The van der Waals surface area contributed by atoms with E-state index in [0.717, 1.165) is 0 Å². The summed E-state index contributed by atoms with van der Waals surface area (Å²) in [6.07, 6.45) is 0.104. The Balaban J connectivity index is 3.30. The number of carboxylic acids is 2. The van der Waals surface area contributed by atoms with Gasteiger partial charge in [-0.25, -0.2) is 0 Å². The van der Waals surface area contributed by atoms with Crippen LogP contribution < -0.4 is 59.3 Å². The number of primary amides is 1. The molecule has 1 rings (SSSR count). The number of hydrogen-bond donors (Lipinski definition) is 15. The average Bonchev–Trinajstić information content (AvgIpc) is 3.30. The minimum absolute atomic E-state index is 0.0897. The number of amides is 10. The quantitative estimate of drug-likeness (QED) is 0.0319. The topological polar surface area (TPSA) is 446 Å². The lowest BCUT2D eigenvalue weighted by atomic mass is 9.97. The molecule has 0 saturated heterocycles. The molecule has 28 heteroatoms. The van der Waals surface area contributed by atoms with Gasteiger partial charge in [0.2, 0.25) is 59.1 Å². The Kier molecular flexibility index (Phi) is 27.2. The van der Waals surface area contributed by atoms with Crippen LogP contribution >= 0.6 is 11.8 Å². The minimum atomic E-state index is -1.86. The number of aliphatic carboxylic acids is 2. The average molecular weight is 998 g/mol. The molecule has 1 aromatic carbocycles. The number of aliphatic hydroxyl groups excluding tert-OH is 2. The predicted octanol–water partition coefficient (Wildman–Crippen LogP) is -6.58. The van der Waals surface area contributed by atoms with Gasteiger partial charge in [0.15, 0.2) is 0 Å². The van der Waals surface area contributed by atoms with Crippen molar-refractivity contribution >= 4 is 82.8 Å². The number of aliphatic hydroxyl groups is 2. The molecule has 17 N–H and O–H groups in total. The standard InChI is InChI=1S/C41H63N11O16S/c1-5-20(2)33(52-38(65)26(15-31(57)58)46-30(56)16-42)41(68)51-28(19-54)40(67)50-27(18-53)39(66)48-24(13-22-9-7-6-8-10-22)37(64)49-25(14-29(43)55)36(63)45-21(3)34(61)47-23(11-12-69-4)35(62)44-17-32(59)60/h6-10,20-21,23-28,33,53-54H,5,11-19,42H2,1-4H3,(H2,43,55)(H,44,62)(H,45,63)(H,46,56)(H,47,61)(H,48,66)(H,49,64)(H,50,67)(H,51,68)(H,52,65)(H,57,58)(H,59,60)/t20-,21-,23-,24-,25-,26-,27-,28-,33-/m0/s1. The van der Waals surface area contributed by atoms with E-state index in [4.69, 9.17) is 16.6 Å². The highest BCUT2D eigenvalue weighted by Gasteiger charge is 2.36. The van der Waals surface area contributed by atoms with Crippen LogP contribution in [0.3, 0.4) is 0 Å². The summed E-state index contributed by atoms with van der Waals surface area (Å²) in [6, 6.07) is -4.75. The number of rotatable bonds is 32. The Morgan fingerprint density at radius 1 is 0.594 bits per heavy atom. The van der Waals surface area contributed by atoms with Crippen molar-refractivity contribution in [2.75, 3.05) is 38.3 Å². The molecule has 384 valence electrons. The van der Waals surface area contributed by atoms with Gasteiger partial charge in [0, 0.05) is 6.42 Å². The Morgan fingerprint density at radius 3 is 1.59 bits per heavy atom. The van der Waals surface area contributed by atoms with E-state index in [-0.39, 0.29) is 19.3 Å². The van der Waals surface area contributed by atoms with Gasteiger partial charge in [0.25, 0.3) is 0 Å². The van der Waals surface area contributed by atoms with E-state index in [1.807, 2.05) is 0 Å². The molecule has 0 saturated carbocycles. The molecule has 0 aliphatic rings. The molecule has 0 unspecified atom stereocenters. The smallest absolute Gasteiger partial charge is 0.322 e. The van der Waals surface area contributed by atoms with Crippen molar-refractivity contribution in [2.24, 2.45) is 17.4 Å². The molecule has 0 spiro atoms. The molecule has 27 nitrogen and oxygen atoms in total. The van der Waals surface area contributed by atoms with Gasteiger partial charge < -0.3 is 79.7 Å². The van der Waals surface area contributed by atoms with E-state index < -0.39 is 164 Å². The summed E-state index contributed by atoms with van der Waals surface area (Å²) in [4.78, 5) is 153. The molecule has 10 amide bonds. The lowest BCUT2D eigenvalue weighted by Crippen LogP contribution is -2.62. The van der Waals surface area contributed by atoms with Gasteiger partial charge in [0.05, 0.1) is 32.6 Å². The lowest BCUT2D eigenvalue weighted by molar-refractivity contribution is -0.141. The Labute approximate surface area is 400 Å². The number of carboxylic acid groups (broad SMARTS) is 2. The third-order valence-electron chi connectivity index (χ3n) is 10.0. The van der Waals surface area contributed by atoms with E-state index in [0.29, 0.717) is 11.3 Å². The number of hydrogen-bond acceptors (Lipinski definition) is 16. The molecule has 0 radical (unpaired) electrons. The first-order chi connectivity index (χ1) is 32.5.